The van der Waals surface area contributed by atoms with Gasteiger partial charge in [0.05, 0.1) is 19.3 Å². The van der Waals surface area contributed by atoms with E-state index in [1.807, 2.05) is 31.2 Å². The van der Waals surface area contributed by atoms with Crippen molar-refractivity contribution >= 4 is 17.5 Å². The molecule has 8 heteroatoms. The molecule has 2 heterocycles. The number of aromatic nitrogens is 2. The minimum absolute atomic E-state index is 0.0596. The SMILES string of the molecule is CCCCOc1cccc(C2c3c(-c4cc(Cl)c(C)cc4O)n[nH]c3C(=O)N2CCOC)c1. The Kier molecular flexibility index (Phi) is 6.91. The van der Waals surface area contributed by atoms with Crippen molar-refractivity contribution in [3.63, 3.8) is 0 Å². The third kappa shape index (κ3) is 4.43. The molecule has 1 amide bonds. The Balaban J connectivity index is 1.82. The first kappa shape index (κ1) is 23.1. The molecule has 0 fully saturated rings. The van der Waals surface area contributed by atoms with Gasteiger partial charge in [0, 0.05) is 29.8 Å². The van der Waals surface area contributed by atoms with Crippen molar-refractivity contribution in [2.45, 2.75) is 32.7 Å². The minimum Gasteiger partial charge on any atom is -0.507 e. The number of aromatic hydroxyl groups is 1. The Hall–Kier alpha value is -3.03. The highest BCUT2D eigenvalue weighted by Crippen LogP contribution is 2.45. The molecule has 0 saturated carbocycles. The predicted molar refractivity (Wildman–Crippen MR) is 127 cm³/mol. The summed E-state index contributed by atoms with van der Waals surface area (Å²) in [4.78, 5) is 15.1. The van der Waals surface area contributed by atoms with Gasteiger partial charge in [0.25, 0.3) is 5.91 Å². The molecule has 0 spiro atoms. The average molecular weight is 470 g/mol. The van der Waals surface area contributed by atoms with E-state index in [9.17, 15) is 9.90 Å². The molecular weight excluding hydrogens is 442 g/mol. The Bertz CT molecular complexity index is 1160. The van der Waals surface area contributed by atoms with Crippen LogP contribution in [0.4, 0.5) is 0 Å². The summed E-state index contributed by atoms with van der Waals surface area (Å²) >= 11 is 6.35. The number of carbonyl (C=O) groups is 1. The van der Waals surface area contributed by atoms with Crippen LogP contribution in [0.5, 0.6) is 11.5 Å². The molecule has 1 aliphatic heterocycles. The second kappa shape index (κ2) is 9.85. The maximum absolute atomic E-state index is 13.3. The van der Waals surface area contributed by atoms with Crippen molar-refractivity contribution in [3.05, 3.63) is 63.8 Å². The number of nitrogens with zero attached hydrogens (tertiary/aromatic N) is 2. The zero-order valence-electron chi connectivity index (χ0n) is 19.0. The van der Waals surface area contributed by atoms with E-state index in [4.69, 9.17) is 21.1 Å². The lowest BCUT2D eigenvalue weighted by Gasteiger charge is -2.26. The molecule has 7 nitrogen and oxygen atoms in total. The van der Waals surface area contributed by atoms with E-state index in [0.29, 0.717) is 47.3 Å². The average Bonchev–Trinajstić information content (AvgIpc) is 3.34. The lowest BCUT2D eigenvalue weighted by Crippen LogP contribution is -2.32. The molecule has 2 N–H and O–H groups in total. The van der Waals surface area contributed by atoms with Gasteiger partial charge >= 0.3 is 0 Å². The fraction of sp³-hybridized carbons (Fsp3) is 0.360. The molecule has 0 bridgehead atoms. The predicted octanol–water partition coefficient (Wildman–Crippen LogP) is 5.11. The zero-order chi connectivity index (χ0) is 23.5. The van der Waals surface area contributed by atoms with Crippen molar-refractivity contribution in [1.82, 2.24) is 15.1 Å². The summed E-state index contributed by atoms with van der Waals surface area (Å²) in [5.41, 5.74) is 3.74. The largest absolute Gasteiger partial charge is 0.507 e. The molecule has 2 aromatic carbocycles. The number of carbonyl (C=O) groups excluding carboxylic acids is 1. The highest BCUT2D eigenvalue weighted by molar-refractivity contribution is 6.31. The van der Waals surface area contributed by atoms with E-state index in [0.717, 1.165) is 29.7 Å². The normalized spacial score (nSPS) is 15.2. The molecule has 174 valence electrons. The fourth-order valence-corrected chi connectivity index (χ4v) is 4.30. The summed E-state index contributed by atoms with van der Waals surface area (Å²) in [6, 6.07) is 10.7. The van der Waals surface area contributed by atoms with Crippen molar-refractivity contribution in [2.24, 2.45) is 0 Å². The summed E-state index contributed by atoms with van der Waals surface area (Å²) < 4.78 is 11.2. The Morgan fingerprint density at radius 2 is 2.06 bits per heavy atom. The van der Waals surface area contributed by atoms with Crippen molar-refractivity contribution in [2.75, 3.05) is 26.9 Å². The van der Waals surface area contributed by atoms with Gasteiger partial charge in [-0.1, -0.05) is 37.1 Å². The van der Waals surface area contributed by atoms with Gasteiger partial charge in [0.2, 0.25) is 0 Å². The molecule has 1 aromatic heterocycles. The topological polar surface area (TPSA) is 87.7 Å². The zero-order valence-corrected chi connectivity index (χ0v) is 19.8. The van der Waals surface area contributed by atoms with Gasteiger partial charge in [-0.25, -0.2) is 0 Å². The number of fused-ring (bicyclic) bond motifs is 1. The first-order valence-corrected chi connectivity index (χ1v) is 11.4. The van der Waals surface area contributed by atoms with Gasteiger partial charge in [-0.05, 0) is 48.7 Å². The maximum atomic E-state index is 13.3. The van der Waals surface area contributed by atoms with E-state index >= 15 is 0 Å². The molecule has 0 aliphatic carbocycles. The second-order valence-electron chi connectivity index (χ2n) is 8.15. The van der Waals surface area contributed by atoms with Gasteiger partial charge in [-0.3, -0.25) is 9.89 Å². The van der Waals surface area contributed by atoms with Gasteiger partial charge in [0.15, 0.2) is 0 Å². The monoisotopic (exact) mass is 469 g/mol. The number of rotatable bonds is 9. The Labute approximate surface area is 198 Å². The number of methoxy groups -OCH3 is 1. The summed E-state index contributed by atoms with van der Waals surface area (Å²) in [6.07, 6.45) is 2.02. The standard InChI is InChI=1S/C25H28ClN3O4/c1-4-5-10-33-17-8-6-7-16(13-17)24-21-22(18-14-19(26)15(2)12-20(18)30)27-28-23(21)25(31)29(24)9-11-32-3/h6-8,12-14,24,30H,4-5,9-11H2,1-3H3,(H,27,28). The first-order valence-electron chi connectivity index (χ1n) is 11.1. The molecular formula is C25H28ClN3O4. The van der Waals surface area contributed by atoms with Crippen LogP contribution in [0.1, 0.15) is 53.0 Å². The third-order valence-electron chi connectivity index (χ3n) is 5.87. The number of phenols is 1. The molecule has 1 unspecified atom stereocenters. The van der Waals surface area contributed by atoms with Crippen molar-refractivity contribution in [1.29, 1.82) is 0 Å². The summed E-state index contributed by atoms with van der Waals surface area (Å²) in [5.74, 6) is 0.644. The lowest BCUT2D eigenvalue weighted by atomic mass is 9.95. The number of ether oxygens (including phenoxy) is 2. The number of nitrogens with one attached hydrogen (secondary N) is 1. The Morgan fingerprint density at radius 1 is 1.24 bits per heavy atom. The third-order valence-corrected chi connectivity index (χ3v) is 6.28. The number of phenolic OH excluding ortho intramolecular Hbond substituents is 1. The lowest BCUT2D eigenvalue weighted by molar-refractivity contribution is 0.0677. The first-order chi connectivity index (χ1) is 16.0. The highest BCUT2D eigenvalue weighted by Gasteiger charge is 2.42. The molecule has 1 atom stereocenters. The van der Waals surface area contributed by atoms with Crippen LogP contribution in [0.25, 0.3) is 11.3 Å². The molecule has 4 rings (SSSR count). The van der Waals surface area contributed by atoms with Gasteiger partial charge in [0.1, 0.15) is 22.9 Å². The second-order valence-corrected chi connectivity index (χ2v) is 8.56. The number of benzene rings is 2. The smallest absolute Gasteiger partial charge is 0.273 e. The van der Waals surface area contributed by atoms with Crippen molar-refractivity contribution in [3.8, 4) is 22.8 Å². The molecule has 33 heavy (non-hydrogen) atoms. The van der Waals surface area contributed by atoms with E-state index in [1.54, 1.807) is 24.1 Å². The van der Waals surface area contributed by atoms with Crippen LogP contribution in [0.15, 0.2) is 36.4 Å². The summed E-state index contributed by atoms with van der Waals surface area (Å²) in [5, 5.41) is 18.5. The van der Waals surface area contributed by atoms with Gasteiger partial charge in [-0.15, -0.1) is 0 Å². The number of aryl methyl sites for hydroxylation is 1. The van der Waals surface area contributed by atoms with Crippen LogP contribution in [0.3, 0.4) is 0 Å². The van der Waals surface area contributed by atoms with Crippen LogP contribution in [0, 0.1) is 6.92 Å². The summed E-state index contributed by atoms with van der Waals surface area (Å²) in [7, 11) is 1.61. The van der Waals surface area contributed by atoms with Crippen LogP contribution < -0.4 is 4.74 Å². The van der Waals surface area contributed by atoms with E-state index < -0.39 is 6.04 Å². The number of aromatic amines is 1. The molecule has 0 radical (unpaired) electrons. The van der Waals surface area contributed by atoms with Gasteiger partial charge in [-0.2, -0.15) is 5.10 Å². The van der Waals surface area contributed by atoms with E-state index in [2.05, 4.69) is 17.1 Å². The van der Waals surface area contributed by atoms with Crippen LogP contribution in [-0.2, 0) is 4.74 Å². The van der Waals surface area contributed by atoms with Crippen LogP contribution in [-0.4, -0.2) is 53.0 Å². The fourth-order valence-electron chi connectivity index (χ4n) is 4.13. The number of hydrogen-bond acceptors (Lipinski definition) is 5. The summed E-state index contributed by atoms with van der Waals surface area (Å²) in [6.45, 7) is 5.37. The number of halogens is 1. The van der Waals surface area contributed by atoms with Gasteiger partial charge < -0.3 is 19.5 Å². The van der Waals surface area contributed by atoms with Crippen molar-refractivity contribution < 1.29 is 19.4 Å². The number of hydrogen-bond donors (Lipinski definition) is 2. The number of amides is 1. The van der Waals surface area contributed by atoms with Crippen LogP contribution in [0.2, 0.25) is 5.02 Å². The number of unbranched alkanes of at least 4 members (excludes halogenated alkanes) is 1. The van der Waals surface area contributed by atoms with Crippen LogP contribution >= 0.6 is 11.6 Å². The molecule has 0 saturated heterocycles. The van der Waals surface area contributed by atoms with E-state index in [1.165, 1.54) is 0 Å². The molecule has 3 aromatic rings. The van der Waals surface area contributed by atoms with E-state index in [-0.39, 0.29) is 11.7 Å². The molecule has 1 aliphatic rings. The quantitative estimate of drug-likeness (QED) is 0.425. The minimum atomic E-state index is -0.411. The maximum Gasteiger partial charge on any atom is 0.273 e. The highest BCUT2D eigenvalue weighted by atomic mass is 35.5. The number of H-pyrrole nitrogens is 1. The Morgan fingerprint density at radius 3 is 2.82 bits per heavy atom.